The average Bonchev–Trinajstić information content (AvgIpc) is 2.63. The number of benzene rings is 2. The number of hydrogen-bond acceptors (Lipinski definition) is 3. The van der Waals surface area contributed by atoms with Gasteiger partial charge >= 0.3 is 0 Å². The molecule has 5 rings (SSSR count). The van der Waals surface area contributed by atoms with Gasteiger partial charge in [-0.05, 0) is 85.9 Å². The van der Waals surface area contributed by atoms with Crippen LogP contribution in [0.25, 0.3) is 0 Å². The number of carbonyl (C=O) groups is 2. The SMILES string of the molecule is Cc1ccc(OCC(=O)CC23CC(C(=O)CCc4ccc(Cl)cc4)(C2)C3)cc1C. The summed E-state index contributed by atoms with van der Waals surface area (Å²) >= 11 is 5.91. The monoisotopic (exact) mass is 410 g/mol. The van der Waals surface area contributed by atoms with E-state index in [1.54, 1.807) is 0 Å². The molecule has 0 heterocycles. The predicted octanol–water partition coefficient (Wildman–Crippen LogP) is 5.67. The minimum absolute atomic E-state index is 0.0551. The van der Waals surface area contributed by atoms with Crippen LogP contribution in [0.15, 0.2) is 42.5 Å². The smallest absolute Gasteiger partial charge is 0.170 e. The first kappa shape index (κ1) is 20.2. The first-order valence-electron chi connectivity index (χ1n) is 10.3. The summed E-state index contributed by atoms with van der Waals surface area (Å²) in [4.78, 5) is 25.1. The van der Waals surface area contributed by atoms with Gasteiger partial charge in [-0.3, -0.25) is 9.59 Å². The van der Waals surface area contributed by atoms with E-state index in [4.69, 9.17) is 16.3 Å². The molecule has 0 radical (unpaired) electrons. The molecule has 3 aliphatic carbocycles. The molecule has 3 saturated carbocycles. The van der Waals surface area contributed by atoms with E-state index in [1.165, 1.54) is 5.56 Å². The van der Waals surface area contributed by atoms with E-state index < -0.39 is 0 Å². The highest BCUT2D eigenvalue weighted by molar-refractivity contribution is 6.30. The highest BCUT2D eigenvalue weighted by Crippen LogP contribution is 2.75. The van der Waals surface area contributed by atoms with Crippen molar-refractivity contribution in [2.45, 2.75) is 52.4 Å². The zero-order valence-electron chi connectivity index (χ0n) is 17.1. The molecule has 4 heteroatoms. The molecule has 0 aromatic heterocycles. The lowest BCUT2D eigenvalue weighted by atomic mass is 9.33. The molecule has 0 N–H and O–H groups in total. The molecule has 0 saturated heterocycles. The van der Waals surface area contributed by atoms with Crippen molar-refractivity contribution in [3.05, 3.63) is 64.2 Å². The number of halogens is 1. The second-order valence-electron chi connectivity index (χ2n) is 9.11. The van der Waals surface area contributed by atoms with Gasteiger partial charge < -0.3 is 4.74 Å². The van der Waals surface area contributed by atoms with Crippen LogP contribution in [-0.2, 0) is 16.0 Å². The third-order valence-corrected chi connectivity index (χ3v) is 6.99. The maximum Gasteiger partial charge on any atom is 0.170 e. The van der Waals surface area contributed by atoms with Gasteiger partial charge in [0.2, 0.25) is 0 Å². The Bertz CT molecular complexity index is 925. The summed E-state index contributed by atoms with van der Waals surface area (Å²) in [6.45, 7) is 4.20. The molecule has 0 aliphatic heterocycles. The van der Waals surface area contributed by atoms with E-state index in [0.717, 1.165) is 42.6 Å². The summed E-state index contributed by atoms with van der Waals surface area (Å²) in [6.07, 6.45) is 4.47. The number of aryl methyl sites for hydroxylation is 3. The normalized spacial score (nSPS) is 24.4. The van der Waals surface area contributed by atoms with Gasteiger partial charge in [0.25, 0.3) is 0 Å². The summed E-state index contributed by atoms with van der Waals surface area (Å²) < 4.78 is 5.68. The van der Waals surface area contributed by atoms with Crippen molar-refractivity contribution in [2.24, 2.45) is 10.8 Å². The molecule has 2 aromatic rings. The van der Waals surface area contributed by atoms with Gasteiger partial charge in [0.1, 0.15) is 18.1 Å². The molecule has 152 valence electrons. The molecule has 2 bridgehead atoms. The Balaban J connectivity index is 1.21. The number of ketones is 2. The van der Waals surface area contributed by atoms with Gasteiger partial charge in [-0.2, -0.15) is 0 Å². The second kappa shape index (κ2) is 7.60. The van der Waals surface area contributed by atoms with E-state index >= 15 is 0 Å². The lowest BCUT2D eigenvalue weighted by Gasteiger charge is -2.70. The molecule has 3 aliphatic rings. The number of rotatable bonds is 9. The van der Waals surface area contributed by atoms with Crippen LogP contribution in [0.3, 0.4) is 0 Å². The Hall–Kier alpha value is -2.13. The lowest BCUT2D eigenvalue weighted by molar-refractivity contribution is -0.208. The fourth-order valence-electron chi connectivity index (χ4n) is 5.09. The van der Waals surface area contributed by atoms with Gasteiger partial charge in [0, 0.05) is 23.3 Å². The van der Waals surface area contributed by atoms with E-state index in [0.29, 0.717) is 23.6 Å². The topological polar surface area (TPSA) is 43.4 Å². The van der Waals surface area contributed by atoms with Gasteiger partial charge in [0.15, 0.2) is 5.78 Å². The number of Topliss-reactive ketones (excluding diaryl/α,β-unsaturated/α-hetero) is 2. The lowest BCUT2D eigenvalue weighted by Crippen LogP contribution is -2.65. The highest BCUT2D eigenvalue weighted by Gasteiger charge is 2.70. The Morgan fingerprint density at radius 3 is 2.34 bits per heavy atom. The highest BCUT2D eigenvalue weighted by atomic mass is 35.5. The van der Waals surface area contributed by atoms with Crippen LogP contribution < -0.4 is 4.74 Å². The molecule has 3 fully saturated rings. The van der Waals surface area contributed by atoms with Crippen LogP contribution >= 0.6 is 11.6 Å². The van der Waals surface area contributed by atoms with E-state index in [2.05, 4.69) is 6.92 Å². The Morgan fingerprint density at radius 1 is 1.00 bits per heavy atom. The molecule has 0 atom stereocenters. The summed E-state index contributed by atoms with van der Waals surface area (Å²) in [5.74, 6) is 1.23. The van der Waals surface area contributed by atoms with E-state index in [9.17, 15) is 9.59 Å². The van der Waals surface area contributed by atoms with Gasteiger partial charge in [-0.1, -0.05) is 29.8 Å². The summed E-state index contributed by atoms with van der Waals surface area (Å²) in [5, 5.41) is 0.715. The minimum Gasteiger partial charge on any atom is -0.486 e. The van der Waals surface area contributed by atoms with Crippen LogP contribution in [0.5, 0.6) is 5.75 Å². The number of hydrogen-bond donors (Lipinski definition) is 0. The maximum atomic E-state index is 12.7. The van der Waals surface area contributed by atoms with Gasteiger partial charge in [-0.15, -0.1) is 0 Å². The molecule has 29 heavy (non-hydrogen) atoms. The first-order valence-corrected chi connectivity index (χ1v) is 10.7. The average molecular weight is 411 g/mol. The zero-order chi connectivity index (χ0) is 20.6. The Labute approximate surface area is 177 Å². The third-order valence-electron chi connectivity index (χ3n) is 6.74. The molecular formula is C25H27ClO3. The number of carbonyl (C=O) groups excluding carboxylic acids is 2. The Kier molecular flexibility index (Phi) is 5.29. The van der Waals surface area contributed by atoms with Crippen molar-refractivity contribution in [2.75, 3.05) is 6.61 Å². The van der Waals surface area contributed by atoms with Crippen molar-refractivity contribution >= 4 is 23.2 Å². The molecule has 0 amide bonds. The largest absolute Gasteiger partial charge is 0.486 e. The predicted molar refractivity (Wildman–Crippen MR) is 115 cm³/mol. The van der Waals surface area contributed by atoms with Gasteiger partial charge in [-0.25, -0.2) is 0 Å². The number of ether oxygens (including phenoxy) is 1. The molecule has 0 spiro atoms. The van der Waals surface area contributed by atoms with Crippen molar-refractivity contribution in [1.29, 1.82) is 0 Å². The second-order valence-corrected chi connectivity index (χ2v) is 9.55. The van der Waals surface area contributed by atoms with Gasteiger partial charge in [0.05, 0.1) is 0 Å². The first-order chi connectivity index (χ1) is 13.8. The molecule has 0 unspecified atom stereocenters. The van der Waals surface area contributed by atoms with Crippen molar-refractivity contribution in [3.8, 4) is 5.75 Å². The maximum absolute atomic E-state index is 12.7. The fraction of sp³-hybridized carbons (Fsp3) is 0.440. The Morgan fingerprint density at radius 2 is 1.69 bits per heavy atom. The quantitative estimate of drug-likeness (QED) is 0.535. The van der Waals surface area contributed by atoms with E-state index in [1.807, 2.05) is 49.4 Å². The van der Waals surface area contributed by atoms with Crippen LogP contribution in [0.1, 0.15) is 48.8 Å². The molecular weight excluding hydrogens is 384 g/mol. The molecule has 3 nitrogen and oxygen atoms in total. The zero-order valence-corrected chi connectivity index (χ0v) is 17.8. The standard InChI is InChI=1S/C25H27ClO3/c1-17-3-9-22(11-18(17)2)29-13-21(27)12-24-14-25(15-24,16-24)23(28)10-6-19-4-7-20(26)8-5-19/h3-5,7-9,11H,6,10,12-16H2,1-2H3. The summed E-state index contributed by atoms with van der Waals surface area (Å²) in [5.41, 5.74) is 3.42. The van der Waals surface area contributed by atoms with Crippen LogP contribution in [0.2, 0.25) is 5.02 Å². The molecule has 2 aromatic carbocycles. The fourth-order valence-corrected chi connectivity index (χ4v) is 5.22. The van der Waals surface area contributed by atoms with Crippen LogP contribution in [0.4, 0.5) is 0 Å². The van der Waals surface area contributed by atoms with Crippen molar-refractivity contribution < 1.29 is 14.3 Å². The van der Waals surface area contributed by atoms with Crippen LogP contribution in [0, 0.1) is 24.7 Å². The van der Waals surface area contributed by atoms with Crippen LogP contribution in [-0.4, -0.2) is 18.2 Å². The summed E-state index contributed by atoms with van der Waals surface area (Å²) in [7, 11) is 0. The van der Waals surface area contributed by atoms with E-state index in [-0.39, 0.29) is 23.2 Å². The minimum atomic E-state index is -0.151. The van der Waals surface area contributed by atoms with Crippen molar-refractivity contribution in [3.63, 3.8) is 0 Å². The third kappa shape index (κ3) is 4.11. The van der Waals surface area contributed by atoms with Crippen molar-refractivity contribution in [1.82, 2.24) is 0 Å². The summed E-state index contributed by atoms with van der Waals surface area (Å²) in [6, 6.07) is 13.6.